The number of nitrogens with zero attached hydrogens (tertiary/aromatic N) is 1. The predicted octanol–water partition coefficient (Wildman–Crippen LogP) is 4.01. The number of H-pyrrole nitrogens is 1. The zero-order chi connectivity index (χ0) is 20.8. The first-order valence-corrected chi connectivity index (χ1v) is 9.87. The Morgan fingerprint density at radius 3 is 2.43 bits per heavy atom. The minimum Gasteiger partial charge on any atom is -0.353 e. The Labute approximate surface area is 174 Å². The second kappa shape index (κ2) is 9.05. The fourth-order valence-electron chi connectivity index (χ4n) is 3.47. The van der Waals surface area contributed by atoms with E-state index in [1.165, 1.54) is 0 Å². The van der Waals surface area contributed by atoms with Crippen molar-refractivity contribution in [3.05, 3.63) is 90.1 Å². The highest BCUT2D eigenvalue weighted by Crippen LogP contribution is 2.30. The molecule has 150 valence electrons. The van der Waals surface area contributed by atoms with E-state index in [0.717, 1.165) is 34.3 Å². The highest BCUT2D eigenvalue weighted by Gasteiger charge is 2.14. The number of amides is 2. The first-order chi connectivity index (χ1) is 14.7. The van der Waals surface area contributed by atoms with Crippen LogP contribution in [0.15, 0.2) is 79.0 Å². The summed E-state index contributed by atoms with van der Waals surface area (Å²) < 4.78 is 0. The number of carbonyl (C=O) groups excluding carboxylic acids is 2. The van der Waals surface area contributed by atoms with Crippen molar-refractivity contribution in [1.82, 2.24) is 20.8 Å². The monoisotopic (exact) mass is 398 g/mol. The van der Waals surface area contributed by atoms with Gasteiger partial charge in [-0.25, -0.2) is 0 Å². The highest BCUT2D eigenvalue weighted by atomic mass is 16.2. The molecule has 2 amide bonds. The van der Waals surface area contributed by atoms with Gasteiger partial charge in [-0.15, -0.1) is 0 Å². The molecule has 0 aliphatic heterocycles. The second-order valence-electron chi connectivity index (χ2n) is 6.96. The van der Waals surface area contributed by atoms with E-state index in [-0.39, 0.29) is 11.8 Å². The van der Waals surface area contributed by atoms with Crippen molar-refractivity contribution in [3.63, 3.8) is 0 Å². The van der Waals surface area contributed by atoms with Crippen molar-refractivity contribution < 1.29 is 9.59 Å². The van der Waals surface area contributed by atoms with Gasteiger partial charge in [0.05, 0.1) is 11.4 Å². The quantitative estimate of drug-likeness (QED) is 0.429. The lowest BCUT2D eigenvalue weighted by molar-refractivity contribution is -0.121. The molecule has 3 N–H and O–H groups in total. The maximum Gasteiger partial charge on any atom is 0.269 e. The molecule has 4 rings (SSSR count). The molecule has 2 aromatic heterocycles. The van der Waals surface area contributed by atoms with Gasteiger partial charge in [-0.1, -0.05) is 42.5 Å². The molecule has 0 unspecified atom stereocenters. The van der Waals surface area contributed by atoms with Crippen molar-refractivity contribution >= 4 is 22.7 Å². The Balaban J connectivity index is 1.39. The van der Waals surface area contributed by atoms with E-state index in [9.17, 15) is 9.59 Å². The van der Waals surface area contributed by atoms with E-state index in [2.05, 4.69) is 26.9 Å². The number of fused-ring (bicyclic) bond motifs is 1. The number of aryl methyl sites for hydroxylation is 1. The Hall–Kier alpha value is -3.93. The smallest absolute Gasteiger partial charge is 0.269 e. The molecule has 0 saturated carbocycles. The van der Waals surface area contributed by atoms with Crippen LogP contribution in [-0.4, -0.2) is 21.8 Å². The number of hydrazine groups is 1. The van der Waals surface area contributed by atoms with Gasteiger partial charge in [0.2, 0.25) is 5.91 Å². The molecule has 0 aliphatic carbocycles. The van der Waals surface area contributed by atoms with E-state index in [1.54, 1.807) is 30.5 Å². The molecule has 6 heteroatoms. The number of carbonyl (C=O) groups is 2. The third-order valence-corrected chi connectivity index (χ3v) is 4.92. The van der Waals surface area contributed by atoms with E-state index < -0.39 is 0 Å². The van der Waals surface area contributed by atoms with Gasteiger partial charge in [0, 0.05) is 29.1 Å². The molecule has 0 spiro atoms. The van der Waals surface area contributed by atoms with Crippen LogP contribution < -0.4 is 10.9 Å². The molecule has 2 aromatic carbocycles. The van der Waals surface area contributed by atoms with Crippen molar-refractivity contribution in [2.24, 2.45) is 0 Å². The Bertz CT molecular complexity index is 1150. The van der Waals surface area contributed by atoms with Crippen molar-refractivity contribution in [2.45, 2.75) is 19.3 Å². The average molecular weight is 398 g/mol. The minimum atomic E-state index is -0.335. The average Bonchev–Trinajstić information content (AvgIpc) is 3.17. The summed E-state index contributed by atoms with van der Waals surface area (Å²) in [4.78, 5) is 32.1. The van der Waals surface area contributed by atoms with E-state index in [0.29, 0.717) is 18.4 Å². The molecule has 4 aromatic rings. The first-order valence-electron chi connectivity index (χ1n) is 9.87. The van der Waals surface area contributed by atoms with Crippen molar-refractivity contribution in [1.29, 1.82) is 0 Å². The third kappa shape index (κ3) is 4.38. The molecule has 0 bridgehead atoms. The number of aromatic amines is 1. The lowest BCUT2D eigenvalue weighted by Crippen LogP contribution is -2.41. The minimum absolute atomic E-state index is 0.224. The molecule has 2 heterocycles. The molecule has 6 nitrogen and oxygen atoms in total. The molecule has 30 heavy (non-hydrogen) atoms. The molecule has 0 radical (unpaired) electrons. The molecule has 0 atom stereocenters. The second-order valence-corrected chi connectivity index (χ2v) is 6.96. The fraction of sp³-hybridized carbons (Fsp3) is 0.125. The largest absolute Gasteiger partial charge is 0.353 e. The lowest BCUT2D eigenvalue weighted by atomic mass is 10.0. The number of para-hydroxylation sites is 1. The first kappa shape index (κ1) is 19.4. The number of pyridine rings is 1. The number of nitrogens with one attached hydrogen (secondary N) is 3. The van der Waals surface area contributed by atoms with Crippen LogP contribution in [0.3, 0.4) is 0 Å². The fourth-order valence-corrected chi connectivity index (χ4v) is 3.47. The van der Waals surface area contributed by atoms with Crippen molar-refractivity contribution in [3.8, 4) is 11.4 Å². The van der Waals surface area contributed by atoms with Gasteiger partial charge in [-0.05, 0) is 48.7 Å². The van der Waals surface area contributed by atoms with Crippen LogP contribution in [0.4, 0.5) is 0 Å². The Kier molecular flexibility index (Phi) is 5.85. The van der Waals surface area contributed by atoms with Crippen LogP contribution in [0, 0.1) is 0 Å². The van der Waals surface area contributed by atoms with E-state index in [4.69, 9.17) is 0 Å². The van der Waals surface area contributed by atoms with Gasteiger partial charge in [0.1, 0.15) is 0 Å². The van der Waals surface area contributed by atoms with Gasteiger partial charge < -0.3 is 4.98 Å². The summed E-state index contributed by atoms with van der Waals surface area (Å²) in [6.07, 6.45) is 3.44. The van der Waals surface area contributed by atoms with Gasteiger partial charge in [0.25, 0.3) is 5.91 Å². The molecular weight excluding hydrogens is 376 g/mol. The number of benzene rings is 2. The van der Waals surface area contributed by atoms with Gasteiger partial charge >= 0.3 is 0 Å². The van der Waals surface area contributed by atoms with Gasteiger partial charge in [0.15, 0.2) is 0 Å². The lowest BCUT2D eigenvalue weighted by Gasteiger charge is -2.08. The maximum atomic E-state index is 12.2. The highest BCUT2D eigenvalue weighted by molar-refractivity contribution is 5.95. The molecule has 0 fully saturated rings. The number of hydrogen-bond donors (Lipinski definition) is 3. The molecule has 0 aliphatic rings. The summed E-state index contributed by atoms with van der Waals surface area (Å²) in [6, 6.07) is 22.7. The molecular formula is C24H22N4O2. The maximum absolute atomic E-state index is 12.2. The van der Waals surface area contributed by atoms with Crippen LogP contribution in [0.2, 0.25) is 0 Å². The van der Waals surface area contributed by atoms with Gasteiger partial charge in [-0.2, -0.15) is 0 Å². The topological polar surface area (TPSA) is 86.9 Å². The van der Waals surface area contributed by atoms with Crippen molar-refractivity contribution in [2.75, 3.05) is 0 Å². The third-order valence-electron chi connectivity index (χ3n) is 4.92. The van der Waals surface area contributed by atoms with Crippen LogP contribution in [-0.2, 0) is 11.2 Å². The summed E-state index contributed by atoms with van der Waals surface area (Å²) in [6.45, 7) is 0. The summed E-state index contributed by atoms with van der Waals surface area (Å²) >= 11 is 0. The SMILES string of the molecule is O=C(CCCc1c(-c2ccccn2)[nH]c2ccccc12)NNC(=O)c1ccccc1. The van der Waals surface area contributed by atoms with Crippen LogP contribution in [0.1, 0.15) is 28.8 Å². The van der Waals surface area contributed by atoms with Crippen LogP contribution >= 0.6 is 0 Å². The van der Waals surface area contributed by atoms with Crippen LogP contribution in [0.25, 0.3) is 22.3 Å². The molecule has 0 saturated heterocycles. The Morgan fingerprint density at radius 1 is 0.867 bits per heavy atom. The number of hydrogen-bond acceptors (Lipinski definition) is 3. The van der Waals surface area contributed by atoms with E-state index >= 15 is 0 Å². The number of aromatic nitrogens is 2. The normalized spacial score (nSPS) is 10.7. The predicted molar refractivity (Wildman–Crippen MR) is 117 cm³/mol. The number of rotatable bonds is 6. The zero-order valence-corrected chi connectivity index (χ0v) is 16.4. The Morgan fingerprint density at radius 2 is 1.63 bits per heavy atom. The zero-order valence-electron chi connectivity index (χ0n) is 16.4. The standard InChI is InChI=1S/C24H22N4O2/c29-22(27-28-24(30)17-9-2-1-3-10-17)15-8-12-19-18-11-4-5-13-20(18)26-23(19)21-14-6-7-16-25-21/h1-7,9-11,13-14,16,26H,8,12,15H2,(H,27,29)(H,28,30). The summed E-state index contributed by atoms with van der Waals surface area (Å²) in [5.74, 6) is -0.559. The van der Waals surface area contributed by atoms with Gasteiger partial charge in [-0.3, -0.25) is 25.4 Å². The summed E-state index contributed by atoms with van der Waals surface area (Å²) in [5, 5.41) is 1.14. The van der Waals surface area contributed by atoms with E-state index in [1.807, 2.05) is 42.5 Å². The van der Waals surface area contributed by atoms with Crippen LogP contribution in [0.5, 0.6) is 0 Å². The summed E-state index contributed by atoms with van der Waals surface area (Å²) in [5.41, 5.74) is 9.49. The summed E-state index contributed by atoms with van der Waals surface area (Å²) in [7, 11) is 0.